The van der Waals surface area contributed by atoms with Gasteiger partial charge in [-0.15, -0.1) is 0 Å². The van der Waals surface area contributed by atoms with Gasteiger partial charge in [0.25, 0.3) is 0 Å². The molecule has 124 valence electrons. The molecule has 0 bridgehead atoms. The van der Waals surface area contributed by atoms with Crippen LogP contribution in [0.1, 0.15) is 33.5 Å². The van der Waals surface area contributed by atoms with Gasteiger partial charge >= 0.3 is 0 Å². The zero-order valence-electron chi connectivity index (χ0n) is 14.2. The Labute approximate surface area is 132 Å². The van der Waals surface area contributed by atoms with Crippen LogP contribution in [-0.2, 0) is 23.1 Å². The first-order chi connectivity index (χ1) is 10.4. The Balaban J connectivity index is 2.00. The third-order valence-electron chi connectivity index (χ3n) is 4.08. The van der Waals surface area contributed by atoms with E-state index in [-0.39, 0.29) is 30.1 Å². The molecule has 1 aliphatic rings. The second-order valence-electron chi connectivity index (χ2n) is 6.57. The van der Waals surface area contributed by atoms with Crippen molar-refractivity contribution in [3.63, 3.8) is 0 Å². The van der Waals surface area contributed by atoms with Crippen molar-refractivity contribution in [1.82, 2.24) is 19.8 Å². The van der Waals surface area contributed by atoms with Crippen LogP contribution in [0.15, 0.2) is 12.4 Å². The maximum absolute atomic E-state index is 12.7. The molecule has 0 radical (unpaired) electrons. The summed E-state index contributed by atoms with van der Waals surface area (Å²) in [4.78, 5) is 19.2. The summed E-state index contributed by atoms with van der Waals surface area (Å²) in [5.41, 5.74) is 0. The largest absolute Gasteiger partial charge is 0.373 e. The number of carbonyl (C=O) groups is 1. The Morgan fingerprint density at radius 2 is 2.05 bits per heavy atom. The predicted octanol–water partition coefficient (Wildman–Crippen LogP) is 1.17. The highest BCUT2D eigenvalue weighted by Gasteiger charge is 2.34. The molecule has 2 rings (SSSR count). The molecule has 1 saturated heterocycles. The zero-order chi connectivity index (χ0) is 16.3. The van der Waals surface area contributed by atoms with E-state index < -0.39 is 0 Å². The van der Waals surface area contributed by atoms with Gasteiger partial charge in [0.2, 0.25) is 5.91 Å². The SMILES string of the molecule is CC1CN(C(C(=O)NCc2nccn2C)C(C)C)CC(C)O1. The number of imidazole rings is 1. The molecule has 2 heterocycles. The first-order valence-electron chi connectivity index (χ1n) is 8.02. The summed E-state index contributed by atoms with van der Waals surface area (Å²) in [6, 6.07) is -0.130. The Hall–Kier alpha value is -1.40. The molecule has 22 heavy (non-hydrogen) atoms. The van der Waals surface area contributed by atoms with E-state index in [1.807, 2.05) is 17.8 Å². The van der Waals surface area contributed by atoms with Gasteiger partial charge in [0.05, 0.1) is 24.8 Å². The van der Waals surface area contributed by atoms with E-state index >= 15 is 0 Å². The molecular formula is C16H28N4O2. The summed E-state index contributed by atoms with van der Waals surface area (Å²) in [7, 11) is 1.93. The Morgan fingerprint density at radius 1 is 1.41 bits per heavy atom. The van der Waals surface area contributed by atoms with Gasteiger partial charge in [-0.05, 0) is 19.8 Å². The molecule has 1 aliphatic heterocycles. The molecule has 1 fully saturated rings. The van der Waals surface area contributed by atoms with E-state index in [0.29, 0.717) is 6.54 Å². The minimum absolute atomic E-state index is 0.0688. The number of nitrogens with one attached hydrogen (secondary N) is 1. The minimum atomic E-state index is -0.130. The number of hydrogen-bond acceptors (Lipinski definition) is 4. The molecule has 6 heteroatoms. The molecular weight excluding hydrogens is 280 g/mol. The van der Waals surface area contributed by atoms with Gasteiger partial charge in [-0.25, -0.2) is 4.98 Å². The summed E-state index contributed by atoms with van der Waals surface area (Å²) in [5, 5.41) is 3.03. The average Bonchev–Trinajstić information content (AvgIpc) is 2.80. The average molecular weight is 308 g/mol. The van der Waals surface area contributed by atoms with Crippen molar-refractivity contribution < 1.29 is 9.53 Å². The molecule has 0 aromatic carbocycles. The van der Waals surface area contributed by atoms with Crippen molar-refractivity contribution in [2.24, 2.45) is 13.0 Å². The molecule has 1 N–H and O–H groups in total. The maximum atomic E-state index is 12.7. The lowest BCUT2D eigenvalue weighted by Crippen LogP contribution is -2.56. The molecule has 0 spiro atoms. The lowest BCUT2D eigenvalue weighted by Gasteiger charge is -2.41. The lowest BCUT2D eigenvalue weighted by atomic mass is 9.99. The van der Waals surface area contributed by atoms with Crippen molar-refractivity contribution in [2.45, 2.75) is 52.5 Å². The van der Waals surface area contributed by atoms with Gasteiger partial charge in [-0.3, -0.25) is 9.69 Å². The number of hydrogen-bond donors (Lipinski definition) is 1. The van der Waals surface area contributed by atoms with E-state index in [1.165, 1.54) is 0 Å². The Bertz CT molecular complexity index is 490. The van der Waals surface area contributed by atoms with E-state index in [1.54, 1.807) is 6.20 Å². The van der Waals surface area contributed by atoms with Crippen molar-refractivity contribution in [3.8, 4) is 0 Å². The number of carbonyl (C=O) groups excluding carboxylic acids is 1. The van der Waals surface area contributed by atoms with Gasteiger partial charge in [0.1, 0.15) is 5.82 Å². The third-order valence-corrected chi connectivity index (χ3v) is 4.08. The van der Waals surface area contributed by atoms with Crippen LogP contribution in [0.25, 0.3) is 0 Å². The summed E-state index contributed by atoms with van der Waals surface area (Å²) < 4.78 is 7.69. The summed E-state index contributed by atoms with van der Waals surface area (Å²) >= 11 is 0. The van der Waals surface area contributed by atoms with Gasteiger partial charge in [-0.1, -0.05) is 13.8 Å². The lowest BCUT2D eigenvalue weighted by molar-refractivity contribution is -0.135. The van der Waals surface area contributed by atoms with Crippen molar-refractivity contribution in [2.75, 3.05) is 13.1 Å². The molecule has 1 aromatic rings. The maximum Gasteiger partial charge on any atom is 0.238 e. The molecule has 1 aromatic heterocycles. The van der Waals surface area contributed by atoms with E-state index in [4.69, 9.17) is 4.74 Å². The van der Waals surface area contributed by atoms with Crippen LogP contribution in [-0.4, -0.2) is 51.7 Å². The topological polar surface area (TPSA) is 59.4 Å². The fourth-order valence-corrected chi connectivity index (χ4v) is 3.17. The second kappa shape index (κ2) is 7.24. The summed E-state index contributed by atoms with van der Waals surface area (Å²) in [6.45, 7) is 10.4. The van der Waals surface area contributed by atoms with Crippen molar-refractivity contribution >= 4 is 5.91 Å². The number of rotatable bonds is 5. The normalized spacial score (nSPS) is 24.5. The number of morpholine rings is 1. The molecule has 6 nitrogen and oxygen atoms in total. The molecule has 3 unspecified atom stereocenters. The van der Waals surface area contributed by atoms with Crippen LogP contribution in [0.5, 0.6) is 0 Å². The van der Waals surface area contributed by atoms with Crippen LogP contribution < -0.4 is 5.32 Å². The van der Waals surface area contributed by atoms with Gasteiger partial charge < -0.3 is 14.6 Å². The monoisotopic (exact) mass is 308 g/mol. The third kappa shape index (κ3) is 4.08. The summed E-state index contributed by atoms with van der Waals surface area (Å²) in [5.74, 6) is 1.18. The zero-order valence-corrected chi connectivity index (χ0v) is 14.2. The van der Waals surface area contributed by atoms with Gasteiger partial charge in [0, 0.05) is 32.5 Å². The number of ether oxygens (including phenoxy) is 1. The fourth-order valence-electron chi connectivity index (χ4n) is 3.17. The van der Waals surface area contributed by atoms with E-state index in [0.717, 1.165) is 18.9 Å². The van der Waals surface area contributed by atoms with Gasteiger partial charge in [-0.2, -0.15) is 0 Å². The number of aryl methyl sites for hydroxylation is 1. The highest BCUT2D eigenvalue weighted by molar-refractivity contribution is 5.82. The fraction of sp³-hybridized carbons (Fsp3) is 0.750. The van der Waals surface area contributed by atoms with Crippen LogP contribution in [0.4, 0.5) is 0 Å². The number of aromatic nitrogens is 2. The van der Waals surface area contributed by atoms with Crippen LogP contribution in [0.2, 0.25) is 0 Å². The Morgan fingerprint density at radius 3 is 2.55 bits per heavy atom. The predicted molar refractivity (Wildman–Crippen MR) is 85.3 cm³/mol. The Kier molecular flexibility index (Phi) is 5.58. The first kappa shape index (κ1) is 17.0. The van der Waals surface area contributed by atoms with Crippen molar-refractivity contribution in [1.29, 1.82) is 0 Å². The van der Waals surface area contributed by atoms with Crippen LogP contribution >= 0.6 is 0 Å². The minimum Gasteiger partial charge on any atom is -0.373 e. The van der Waals surface area contributed by atoms with Gasteiger partial charge in [0.15, 0.2) is 0 Å². The highest BCUT2D eigenvalue weighted by Crippen LogP contribution is 2.18. The smallest absolute Gasteiger partial charge is 0.238 e. The standard InChI is InChI=1S/C16H28N4O2/c1-11(2)15(20-9-12(3)22-13(4)10-20)16(21)18-8-14-17-6-7-19(14)5/h6-7,11-13,15H,8-10H2,1-5H3,(H,18,21). The van der Waals surface area contributed by atoms with Crippen molar-refractivity contribution in [3.05, 3.63) is 18.2 Å². The molecule has 3 atom stereocenters. The van der Waals surface area contributed by atoms with E-state index in [2.05, 4.69) is 42.9 Å². The quantitative estimate of drug-likeness (QED) is 0.887. The molecule has 0 saturated carbocycles. The molecule has 1 amide bonds. The highest BCUT2D eigenvalue weighted by atomic mass is 16.5. The van der Waals surface area contributed by atoms with Crippen LogP contribution in [0, 0.1) is 5.92 Å². The van der Waals surface area contributed by atoms with Crippen LogP contribution in [0.3, 0.4) is 0 Å². The first-order valence-corrected chi connectivity index (χ1v) is 8.02. The number of nitrogens with zero attached hydrogens (tertiary/aromatic N) is 3. The molecule has 0 aliphatic carbocycles. The summed E-state index contributed by atoms with van der Waals surface area (Å²) in [6.07, 6.45) is 3.94. The number of amides is 1. The second-order valence-corrected chi connectivity index (χ2v) is 6.57. The van der Waals surface area contributed by atoms with E-state index in [9.17, 15) is 4.79 Å².